The average molecular weight is 296 g/mol. The van der Waals surface area contributed by atoms with E-state index < -0.39 is 21.4 Å². The summed E-state index contributed by atoms with van der Waals surface area (Å²) < 4.78 is 60.7. The summed E-state index contributed by atoms with van der Waals surface area (Å²) in [7, 11) is -5.73. The summed E-state index contributed by atoms with van der Waals surface area (Å²) in [5, 5.41) is -0.584. The van der Waals surface area contributed by atoms with Crippen LogP contribution in [0.1, 0.15) is 0 Å². The van der Waals surface area contributed by atoms with E-state index in [1.807, 2.05) is 0 Å². The van der Waals surface area contributed by atoms with E-state index in [2.05, 4.69) is 9.17 Å². The van der Waals surface area contributed by atoms with Gasteiger partial charge in [-0.15, -0.1) is 0 Å². The van der Waals surface area contributed by atoms with Gasteiger partial charge in [0.25, 0.3) is 0 Å². The number of nitrogens with zero attached hydrogens (tertiary/aromatic N) is 1. The van der Waals surface area contributed by atoms with Crippen molar-refractivity contribution < 1.29 is 25.8 Å². The molecular formula is C6H2Cl2F3NO3S. The molecule has 0 aromatic carbocycles. The number of hydrogen-bond acceptors (Lipinski definition) is 4. The minimum atomic E-state index is -5.73. The van der Waals surface area contributed by atoms with Crippen LogP contribution in [-0.2, 0) is 10.1 Å². The molecule has 0 aliphatic carbocycles. The minimum absolute atomic E-state index is 0.292. The van der Waals surface area contributed by atoms with Crippen LogP contribution in [0.2, 0.25) is 10.3 Å². The molecule has 0 N–H and O–H groups in total. The summed E-state index contributed by atoms with van der Waals surface area (Å²) in [6, 6.07) is 1.58. The van der Waals surface area contributed by atoms with Crippen molar-refractivity contribution in [1.29, 1.82) is 0 Å². The van der Waals surface area contributed by atoms with Crippen LogP contribution in [0.4, 0.5) is 13.2 Å². The average Bonchev–Trinajstić information content (AvgIpc) is 1.97. The van der Waals surface area contributed by atoms with Gasteiger partial charge in [0, 0.05) is 12.1 Å². The third kappa shape index (κ3) is 3.13. The lowest BCUT2D eigenvalue weighted by Crippen LogP contribution is -2.28. The van der Waals surface area contributed by atoms with E-state index in [0.29, 0.717) is 0 Å². The van der Waals surface area contributed by atoms with Gasteiger partial charge in [-0.3, -0.25) is 0 Å². The molecule has 0 bridgehead atoms. The van der Waals surface area contributed by atoms with E-state index in [0.717, 1.165) is 12.1 Å². The van der Waals surface area contributed by atoms with Crippen molar-refractivity contribution in [2.75, 3.05) is 0 Å². The van der Waals surface area contributed by atoms with Crippen molar-refractivity contribution in [2.24, 2.45) is 0 Å². The molecule has 0 spiro atoms. The van der Waals surface area contributed by atoms with Gasteiger partial charge in [-0.25, -0.2) is 4.98 Å². The molecule has 0 amide bonds. The van der Waals surface area contributed by atoms with Crippen LogP contribution in [0.25, 0.3) is 0 Å². The highest BCUT2D eigenvalue weighted by molar-refractivity contribution is 7.88. The Bertz CT molecular complexity index is 482. The fraction of sp³-hybridized carbons (Fsp3) is 0.167. The molecule has 0 fully saturated rings. The van der Waals surface area contributed by atoms with E-state index >= 15 is 0 Å². The maximum atomic E-state index is 11.9. The third-order valence-corrected chi connectivity index (χ3v) is 2.59. The summed E-state index contributed by atoms with van der Waals surface area (Å²) >= 11 is 10.7. The zero-order chi connectivity index (χ0) is 12.6. The molecule has 1 aromatic heterocycles. The van der Waals surface area contributed by atoms with E-state index in [-0.39, 0.29) is 10.3 Å². The Hall–Kier alpha value is -0.730. The van der Waals surface area contributed by atoms with Gasteiger partial charge in [-0.05, 0) is 0 Å². The highest BCUT2D eigenvalue weighted by atomic mass is 35.5. The molecule has 0 radical (unpaired) electrons. The fourth-order valence-corrected chi connectivity index (χ4v) is 1.55. The minimum Gasteiger partial charge on any atom is -0.376 e. The first-order chi connectivity index (χ1) is 7.12. The quantitative estimate of drug-likeness (QED) is 0.478. The number of rotatable bonds is 2. The van der Waals surface area contributed by atoms with Crippen molar-refractivity contribution >= 4 is 33.3 Å². The standard InChI is InChI=1S/C6H2Cl2F3NO3S/c7-4-1-3(2-5(8)12-4)15-16(13,14)6(9,10)11/h1-2H. The van der Waals surface area contributed by atoms with Gasteiger partial charge in [0.05, 0.1) is 0 Å². The number of aromatic nitrogens is 1. The third-order valence-electron chi connectivity index (χ3n) is 1.23. The fourth-order valence-electron chi connectivity index (χ4n) is 0.665. The molecule has 0 unspecified atom stereocenters. The molecule has 90 valence electrons. The zero-order valence-electron chi connectivity index (χ0n) is 7.12. The summed E-state index contributed by atoms with van der Waals surface area (Å²) in [4.78, 5) is 3.40. The molecule has 4 nitrogen and oxygen atoms in total. The van der Waals surface area contributed by atoms with Gasteiger partial charge in [-0.1, -0.05) is 23.2 Å². The van der Waals surface area contributed by atoms with Gasteiger partial charge in [0.2, 0.25) is 0 Å². The van der Waals surface area contributed by atoms with Gasteiger partial charge >= 0.3 is 15.6 Å². The summed E-state index contributed by atoms with van der Waals surface area (Å²) in [6.45, 7) is 0. The number of alkyl halides is 3. The topological polar surface area (TPSA) is 56.3 Å². The van der Waals surface area contributed by atoms with E-state index in [1.165, 1.54) is 0 Å². The Balaban J connectivity index is 3.07. The zero-order valence-corrected chi connectivity index (χ0v) is 9.45. The highest BCUT2D eigenvalue weighted by Crippen LogP contribution is 2.28. The Kier molecular flexibility index (Phi) is 3.56. The summed E-state index contributed by atoms with van der Waals surface area (Å²) in [6.07, 6.45) is 0. The largest absolute Gasteiger partial charge is 0.534 e. The predicted molar refractivity (Wildman–Crippen MR) is 49.9 cm³/mol. The molecule has 0 saturated carbocycles. The molecule has 1 aromatic rings. The lowest BCUT2D eigenvalue weighted by molar-refractivity contribution is -0.0500. The molecule has 0 saturated heterocycles. The van der Waals surface area contributed by atoms with Gasteiger partial charge in [0.1, 0.15) is 16.1 Å². The second-order valence-corrected chi connectivity index (χ2v) is 4.74. The maximum absolute atomic E-state index is 11.9. The molecule has 1 rings (SSSR count). The van der Waals surface area contributed by atoms with E-state index in [4.69, 9.17) is 23.2 Å². The Labute approximate surface area is 98.1 Å². The first-order valence-electron chi connectivity index (χ1n) is 3.46. The number of pyridine rings is 1. The number of hydrogen-bond donors (Lipinski definition) is 0. The first kappa shape index (κ1) is 13.3. The van der Waals surface area contributed by atoms with Crippen molar-refractivity contribution in [3.8, 4) is 5.75 Å². The Morgan fingerprint density at radius 1 is 1.19 bits per heavy atom. The van der Waals surface area contributed by atoms with Crippen molar-refractivity contribution in [2.45, 2.75) is 5.51 Å². The van der Waals surface area contributed by atoms with Crippen molar-refractivity contribution in [3.05, 3.63) is 22.4 Å². The monoisotopic (exact) mass is 295 g/mol. The SMILES string of the molecule is O=S(=O)(Oc1cc(Cl)nc(Cl)c1)C(F)(F)F. The first-order valence-corrected chi connectivity index (χ1v) is 5.62. The number of halogens is 5. The molecule has 0 aliphatic heterocycles. The lowest BCUT2D eigenvalue weighted by atomic mass is 10.5. The van der Waals surface area contributed by atoms with Crippen LogP contribution in [0.3, 0.4) is 0 Å². The predicted octanol–water partition coefficient (Wildman–Crippen LogP) is 2.62. The van der Waals surface area contributed by atoms with Crippen LogP contribution in [0.5, 0.6) is 5.75 Å². The van der Waals surface area contributed by atoms with Crippen LogP contribution in [0.15, 0.2) is 12.1 Å². The van der Waals surface area contributed by atoms with Crippen LogP contribution in [0, 0.1) is 0 Å². The van der Waals surface area contributed by atoms with Crippen LogP contribution in [-0.4, -0.2) is 18.9 Å². The normalized spacial score (nSPS) is 12.6. The van der Waals surface area contributed by atoms with Crippen molar-refractivity contribution in [3.63, 3.8) is 0 Å². The van der Waals surface area contributed by atoms with Crippen molar-refractivity contribution in [1.82, 2.24) is 4.98 Å². The van der Waals surface area contributed by atoms with Gasteiger partial charge < -0.3 is 4.18 Å². The summed E-state index contributed by atoms with van der Waals surface area (Å²) in [5.74, 6) is -0.665. The molecule has 0 atom stereocenters. The molecule has 1 heterocycles. The highest BCUT2D eigenvalue weighted by Gasteiger charge is 2.48. The van der Waals surface area contributed by atoms with Gasteiger partial charge in [0.15, 0.2) is 0 Å². The van der Waals surface area contributed by atoms with E-state index in [9.17, 15) is 21.6 Å². The lowest BCUT2D eigenvalue weighted by Gasteiger charge is -2.09. The molecular weight excluding hydrogens is 294 g/mol. The molecule has 10 heteroatoms. The van der Waals surface area contributed by atoms with Gasteiger partial charge in [-0.2, -0.15) is 21.6 Å². The Morgan fingerprint density at radius 2 is 1.62 bits per heavy atom. The van der Waals surface area contributed by atoms with Crippen LogP contribution >= 0.6 is 23.2 Å². The molecule has 0 aliphatic rings. The smallest absolute Gasteiger partial charge is 0.376 e. The second-order valence-electron chi connectivity index (χ2n) is 2.43. The Morgan fingerprint density at radius 3 is 2.00 bits per heavy atom. The molecule has 16 heavy (non-hydrogen) atoms. The van der Waals surface area contributed by atoms with Crippen LogP contribution < -0.4 is 4.18 Å². The summed E-state index contributed by atoms with van der Waals surface area (Å²) in [5.41, 5.74) is -5.52. The second kappa shape index (κ2) is 4.27. The maximum Gasteiger partial charge on any atom is 0.534 e. The van der Waals surface area contributed by atoms with E-state index in [1.54, 1.807) is 0 Å².